The first kappa shape index (κ1) is 14.0. The zero-order chi connectivity index (χ0) is 14.0. The number of amides is 1. The molecule has 1 aromatic carbocycles. The summed E-state index contributed by atoms with van der Waals surface area (Å²) in [6, 6.07) is 3.55. The summed E-state index contributed by atoms with van der Waals surface area (Å²) in [6.07, 6.45) is 1.69. The van der Waals surface area contributed by atoms with Gasteiger partial charge in [0.25, 0.3) is 5.91 Å². The molecule has 1 amide bonds. The van der Waals surface area contributed by atoms with Gasteiger partial charge in [0.1, 0.15) is 11.5 Å². The summed E-state index contributed by atoms with van der Waals surface area (Å²) in [5.41, 5.74) is 6.25. The number of carbonyl (C=O) groups is 1. The topological polar surface area (TPSA) is 73.9 Å². The van der Waals surface area contributed by atoms with Crippen molar-refractivity contribution in [2.45, 2.75) is 0 Å². The van der Waals surface area contributed by atoms with Crippen molar-refractivity contribution in [2.75, 3.05) is 14.2 Å². The summed E-state index contributed by atoms with van der Waals surface area (Å²) in [4.78, 5) is 15.7. The van der Waals surface area contributed by atoms with Crippen LogP contribution >= 0.6 is 27.7 Å². The van der Waals surface area contributed by atoms with E-state index in [4.69, 9.17) is 15.2 Å². The van der Waals surface area contributed by atoms with Gasteiger partial charge in [-0.2, -0.15) is 4.99 Å². The highest BCUT2D eigenvalue weighted by molar-refractivity contribution is 9.10. The Bertz CT molecular complexity index is 599. The molecule has 7 heteroatoms. The molecule has 0 atom stereocenters. The highest BCUT2D eigenvalue weighted by atomic mass is 79.9. The summed E-state index contributed by atoms with van der Waals surface area (Å²) < 4.78 is 11.2. The molecule has 19 heavy (non-hydrogen) atoms. The minimum absolute atomic E-state index is 0.253. The molecule has 0 aromatic heterocycles. The quantitative estimate of drug-likeness (QED) is 0.853. The fourth-order valence-electron chi connectivity index (χ4n) is 1.56. The SMILES string of the molecule is COc1cc(OC)c(C=C2SC(N)=NC2=O)cc1Br. The van der Waals surface area contributed by atoms with Crippen LogP contribution in [0.15, 0.2) is 26.5 Å². The lowest BCUT2D eigenvalue weighted by molar-refractivity contribution is -0.113. The first-order valence-electron chi connectivity index (χ1n) is 5.24. The van der Waals surface area contributed by atoms with Gasteiger partial charge in [-0.15, -0.1) is 0 Å². The monoisotopic (exact) mass is 342 g/mol. The second-order valence-electron chi connectivity index (χ2n) is 3.59. The van der Waals surface area contributed by atoms with Crippen molar-refractivity contribution in [3.05, 3.63) is 27.1 Å². The van der Waals surface area contributed by atoms with Gasteiger partial charge in [0, 0.05) is 11.6 Å². The Morgan fingerprint density at radius 2 is 2.00 bits per heavy atom. The van der Waals surface area contributed by atoms with E-state index in [1.807, 2.05) is 6.07 Å². The van der Waals surface area contributed by atoms with Crippen LogP contribution in [0, 0.1) is 0 Å². The molecule has 1 aliphatic rings. The van der Waals surface area contributed by atoms with Gasteiger partial charge < -0.3 is 15.2 Å². The largest absolute Gasteiger partial charge is 0.496 e. The molecule has 2 N–H and O–H groups in total. The number of halogens is 1. The summed E-state index contributed by atoms with van der Waals surface area (Å²) in [5.74, 6) is 0.920. The Morgan fingerprint density at radius 1 is 1.32 bits per heavy atom. The fourth-order valence-corrected chi connectivity index (χ4v) is 2.76. The van der Waals surface area contributed by atoms with Crippen molar-refractivity contribution in [2.24, 2.45) is 10.7 Å². The maximum absolute atomic E-state index is 11.6. The number of carbonyl (C=O) groups excluding carboxylic acids is 1. The highest BCUT2D eigenvalue weighted by Gasteiger charge is 2.20. The summed E-state index contributed by atoms with van der Waals surface area (Å²) in [5, 5.41) is 0.253. The lowest BCUT2D eigenvalue weighted by atomic mass is 10.1. The number of thioether (sulfide) groups is 1. The van der Waals surface area contributed by atoms with E-state index >= 15 is 0 Å². The number of ether oxygens (including phenoxy) is 2. The van der Waals surface area contributed by atoms with Gasteiger partial charge in [0.05, 0.1) is 23.6 Å². The highest BCUT2D eigenvalue weighted by Crippen LogP contribution is 2.36. The van der Waals surface area contributed by atoms with E-state index in [0.29, 0.717) is 16.4 Å². The molecule has 0 bridgehead atoms. The van der Waals surface area contributed by atoms with Crippen LogP contribution in [0.1, 0.15) is 5.56 Å². The van der Waals surface area contributed by atoms with Gasteiger partial charge >= 0.3 is 0 Å². The average molecular weight is 343 g/mol. The van der Waals surface area contributed by atoms with Gasteiger partial charge in [0.2, 0.25) is 0 Å². The third-order valence-electron chi connectivity index (χ3n) is 2.43. The lowest BCUT2D eigenvalue weighted by Gasteiger charge is -2.10. The second-order valence-corrected chi connectivity index (χ2v) is 5.51. The predicted octanol–water partition coefficient (Wildman–Crippen LogP) is 2.40. The molecule has 0 saturated carbocycles. The molecule has 1 heterocycles. The molecule has 0 unspecified atom stereocenters. The molecule has 5 nitrogen and oxygen atoms in total. The van der Waals surface area contributed by atoms with Gasteiger partial charge in [0.15, 0.2) is 5.17 Å². The number of nitrogens with zero attached hydrogens (tertiary/aromatic N) is 1. The van der Waals surface area contributed by atoms with Crippen molar-refractivity contribution in [3.63, 3.8) is 0 Å². The third-order valence-corrected chi connectivity index (χ3v) is 3.86. The predicted molar refractivity (Wildman–Crippen MR) is 79.4 cm³/mol. The number of rotatable bonds is 3. The number of nitrogens with two attached hydrogens (primary N) is 1. The van der Waals surface area contributed by atoms with Crippen molar-refractivity contribution in [3.8, 4) is 11.5 Å². The smallest absolute Gasteiger partial charge is 0.286 e. The standard InChI is InChI=1S/C12H11BrN2O3S/c1-17-8-5-9(18-2)7(13)3-6(8)4-10-11(16)15-12(14)19-10/h3-5H,1-2H3,(H2,14,15,16). The Hall–Kier alpha value is -1.47. The van der Waals surface area contributed by atoms with Crippen LogP contribution in [-0.4, -0.2) is 25.3 Å². The summed E-state index contributed by atoms with van der Waals surface area (Å²) in [7, 11) is 3.13. The molecule has 0 saturated heterocycles. The summed E-state index contributed by atoms with van der Waals surface area (Å²) in [6.45, 7) is 0. The van der Waals surface area contributed by atoms with Crippen molar-refractivity contribution < 1.29 is 14.3 Å². The van der Waals surface area contributed by atoms with Crippen molar-refractivity contribution in [1.82, 2.24) is 0 Å². The van der Waals surface area contributed by atoms with Crippen LogP contribution in [0.5, 0.6) is 11.5 Å². The van der Waals surface area contributed by atoms with Crippen LogP contribution in [0.2, 0.25) is 0 Å². The molecule has 100 valence electrons. The van der Waals surface area contributed by atoms with E-state index in [1.54, 1.807) is 26.4 Å². The van der Waals surface area contributed by atoms with Crippen LogP contribution in [0.25, 0.3) is 6.08 Å². The molecule has 2 rings (SSSR count). The molecule has 0 radical (unpaired) electrons. The molecule has 0 fully saturated rings. The zero-order valence-electron chi connectivity index (χ0n) is 10.3. The first-order chi connectivity index (χ1) is 9.05. The first-order valence-corrected chi connectivity index (χ1v) is 6.85. The van der Waals surface area contributed by atoms with Gasteiger partial charge in [-0.05, 0) is 39.8 Å². The van der Waals surface area contributed by atoms with E-state index in [9.17, 15) is 4.79 Å². The number of hydrogen-bond acceptors (Lipinski definition) is 5. The Morgan fingerprint density at radius 3 is 2.53 bits per heavy atom. The third kappa shape index (κ3) is 2.93. The Labute approximate surface area is 123 Å². The van der Waals surface area contributed by atoms with Gasteiger partial charge in [-0.3, -0.25) is 4.79 Å². The fraction of sp³-hybridized carbons (Fsp3) is 0.167. The molecule has 0 spiro atoms. The normalized spacial score (nSPS) is 16.7. The number of aliphatic imine (C=N–C) groups is 1. The number of benzene rings is 1. The van der Waals surface area contributed by atoms with Gasteiger partial charge in [-0.25, -0.2) is 0 Å². The molecular formula is C12H11BrN2O3S. The van der Waals surface area contributed by atoms with Crippen LogP contribution in [0.3, 0.4) is 0 Å². The minimum Gasteiger partial charge on any atom is -0.496 e. The number of amidine groups is 1. The molecule has 0 aliphatic carbocycles. The van der Waals surface area contributed by atoms with E-state index in [0.717, 1.165) is 21.8 Å². The van der Waals surface area contributed by atoms with Gasteiger partial charge in [-0.1, -0.05) is 0 Å². The zero-order valence-corrected chi connectivity index (χ0v) is 12.7. The van der Waals surface area contributed by atoms with Crippen molar-refractivity contribution in [1.29, 1.82) is 0 Å². The maximum Gasteiger partial charge on any atom is 0.286 e. The Balaban J connectivity index is 2.43. The van der Waals surface area contributed by atoms with Crippen molar-refractivity contribution >= 4 is 44.8 Å². The van der Waals surface area contributed by atoms with Crippen LogP contribution < -0.4 is 15.2 Å². The van der Waals surface area contributed by atoms with E-state index in [1.165, 1.54) is 0 Å². The second kappa shape index (κ2) is 5.66. The van der Waals surface area contributed by atoms with E-state index in [2.05, 4.69) is 20.9 Å². The molecular weight excluding hydrogens is 332 g/mol. The Kier molecular flexibility index (Phi) is 4.16. The number of hydrogen-bond donors (Lipinski definition) is 1. The number of methoxy groups -OCH3 is 2. The minimum atomic E-state index is -0.337. The summed E-state index contributed by atoms with van der Waals surface area (Å²) >= 11 is 4.53. The van der Waals surface area contributed by atoms with E-state index < -0.39 is 0 Å². The average Bonchev–Trinajstić information content (AvgIpc) is 2.68. The molecule has 1 aromatic rings. The van der Waals surface area contributed by atoms with Crippen LogP contribution in [-0.2, 0) is 4.79 Å². The lowest BCUT2D eigenvalue weighted by Crippen LogP contribution is -2.01. The molecule has 1 aliphatic heterocycles. The maximum atomic E-state index is 11.6. The van der Waals surface area contributed by atoms with E-state index in [-0.39, 0.29) is 11.1 Å². The van der Waals surface area contributed by atoms with Crippen LogP contribution in [0.4, 0.5) is 0 Å².